The molecule has 1 aromatic carbocycles. The van der Waals surface area contributed by atoms with Crippen molar-refractivity contribution >= 4 is 5.78 Å². The summed E-state index contributed by atoms with van der Waals surface area (Å²) in [7, 11) is 0. The van der Waals surface area contributed by atoms with Gasteiger partial charge in [-0.05, 0) is 25.5 Å². The molecule has 4 nitrogen and oxygen atoms in total. The molecule has 1 aromatic heterocycles. The highest BCUT2D eigenvalue weighted by molar-refractivity contribution is 5.99. The molecule has 4 heteroatoms. The second-order valence-electron chi connectivity index (χ2n) is 4.51. The van der Waals surface area contributed by atoms with Crippen LogP contribution in [0.15, 0.2) is 42.6 Å². The summed E-state index contributed by atoms with van der Waals surface area (Å²) in [6.45, 7) is 3.97. The number of benzene rings is 1. The smallest absolute Gasteiger partial charge is 0.202 e. The molecule has 18 heavy (non-hydrogen) atoms. The Morgan fingerprint density at radius 2 is 1.89 bits per heavy atom. The summed E-state index contributed by atoms with van der Waals surface area (Å²) in [5.74, 6) is -0.104. The van der Waals surface area contributed by atoms with Crippen LogP contribution in [-0.4, -0.2) is 15.6 Å². The Hall–Kier alpha value is -1.94. The van der Waals surface area contributed by atoms with E-state index in [-0.39, 0.29) is 11.8 Å². The van der Waals surface area contributed by atoms with Crippen LogP contribution in [0.5, 0.6) is 0 Å². The number of ketones is 1. The van der Waals surface area contributed by atoms with Crippen molar-refractivity contribution in [2.45, 2.75) is 25.9 Å². The Balaban J connectivity index is 2.29. The normalized spacial score (nSPS) is 12.7. The quantitative estimate of drug-likeness (QED) is 0.838. The van der Waals surface area contributed by atoms with E-state index in [1.807, 2.05) is 44.2 Å². The highest BCUT2D eigenvalue weighted by Crippen LogP contribution is 2.17. The van der Waals surface area contributed by atoms with Gasteiger partial charge in [-0.15, -0.1) is 0 Å². The maximum absolute atomic E-state index is 12.3. The molecule has 0 bridgehead atoms. The van der Waals surface area contributed by atoms with Gasteiger partial charge >= 0.3 is 0 Å². The van der Waals surface area contributed by atoms with Crippen molar-refractivity contribution in [3.8, 4) is 0 Å². The standard InChI is InChI=1S/C14H17N3O/c1-10(2)17-12(8-9-16-17)14(18)13(15)11-6-4-3-5-7-11/h3-10,13H,15H2,1-2H3/t13-/m1/s1. The van der Waals surface area contributed by atoms with Crippen LogP contribution < -0.4 is 5.73 Å². The predicted octanol–water partition coefficient (Wildman–Crippen LogP) is 2.35. The molecule has 0 fully saturated rings. The first kappa shape index (κ1) is 12.5. The third kappa shape index (κ3) is 2.33. The van der Waals surface area contributed by atoms with Gasteiger partial charge in [0, 0.05) is 12.2 Å². The van der Waals surface area contributed by atoms with Gasteiger partial charge in [0.25, 0.3) is 0 Å². The van der Waals surface area contributed by atoms with Gasteiger partial charge in [-0.25, -0.2) is 0 Å². The number of hydrogen-bond donors (Lipinski definition) is 1. The molecule has 2 N–H and O–H groups in total. The maximum atomic E-state index is 12.3. The number of rotatable bonds is 4. The summed E-state index contributed by atoms with van der Waals surface area (Å²) < 4.78 is 1.70. The zero-order chi connectivity index (χ0) is 13.1. The molecule has 2 aromatic rings. The summed E-state index contributed by atoms with van der Waals surface area (Å²) in [5, 5.41) is 4.15. The fraction of sp³-hybridized carbons (Fsp3) is 0.286. The summed E-state index contributed by atoms with van der Waals surface area (Å²) in [4.78, 5) is 12.3. The molecule has 0 amide bonds. The van der Waals surface area contributed by atoms with E-state index >= 15 is 0 Å². The molecule has 0 spiro atoms. The molecule has 0 saturated carbocycles. The third-order valence-electron chi connectivity index (χ3n) is 2.85. The summed E-state index contributed by atoms with van der Waals surface area (Å²) in [6.07, 6.45) is 1.63. The minimum atomic E-state index is -0.639. The Morgan fingerprint density at radius 1 is 1.22 bits per heavy atom. The van der Waals surface area contributed by atoms with Crippen molar-refractivity contribution in [3.63, 3.8) is 0 Å². The fourth-order valence-electron chi connectivity index (χ4n) is 1.89. The summed E-state index contributed by atoms with van der Waals surface area (Å²) >= 11 is 0. The average Bonchev–Trinajstić information content (AvgIpc) is 2.87. The SMILES string of the molecule is CC(C)n1nccc1C(=O)[C@H](N)c1ccccc1. The minimum Gasteiger partial charge on any atom is -0.317 e. The van der Waals surface area contributed by atoms with Crippen LogP contribution in [0, 0.1) is 0 Å². The van der Waals surface area contributed by atoms with Gasteiger partial charge in [-0.3, -0.25) is 9.48 Å². The van der Waals surface area contributed by atoms with E-state index in [0.29, 0.717) is 5.69 Å². The van der Waals surface area contributed by atoms with Gasteiger partial charge in [-0.1, -0.05) is 30.3 Å². The van der Waals surface area contributed by atoms with Crippen LogP contribution in [0.25, 0.3) is 0 Å². The molecular formula is C14H17N3O. The molecule has 0 aliphatic heterocycles. The van der Waals surface area contributed by atoms with Gasteiger partial charge in [0.15, 0.2) is 0 Å². The lowest BCUT2D eigenvalue weighted by atomic mass is 10.0. The second-order valence-corrected chi connectivity index (χ2v) is 4.51. The van der Waals surface area contributed by atoms with Crippen LogP contribution >= 0.6 is 0 Å². The number of nitrogens with zero attached hydrogens (tertiary/aromatic N) is 2. The predicted molar refractivity (Wildman–Crippen MR) is 70.3 cm³/mol. The number of hydrogen-bond acceptors (Lipinski definition) is 3. The van der Waals surface area contributed by atoms with E-state index in [2.05, 4.69) is 5.10 Å². The highest BCUT2D eigenvalue weighted by Gasteiger charge is 2.21. The monoisotopic (exact) mass is 243 g/mol. The lowest BCUT2D eigenvalue weighted by molar-refractivity contribution is 0.0949. The van der Waals surface area contributed by atoms with E-state index in [0.717, 1.165) is 5.56 Å². The number of aromatic nitrogens is 2. The first-order chi connectivity index (χ1) is 8.61. The van der Waals surface area contributed by atoms with Crippen molar-refractivity contribution in [1.82, 2.24) is 9.78 Å². The number of Topliss-reactive ketones (excluding diaryl/α,β-unsaturated/α-hetero) is 1. The number of nitrogens with two attached hydrogens (primary N) is 1. The molecule has 1 atom stereocenters. The Kier molecular flexibility index (Phi) is 3.58. The molecule has 0 aliphatic rings. The first-order valence-electron chi connectivity index (χ1n) is 5.99. The van der Waals surface area contributed by atoms with Crippen LogP contribution in [0.2, 0.25) is 0 Å². The zero-order valence-electron chi connectivity index (χ0n) is 10.6. The van der Waals surface area contributed by atoms with E-state index in [1.165, 1.54) is 0 Å². The van der Waals surface area contributed by atoms with Gasteiger partial charge in [-0.2, -0.15) is 5.10 Å². The van der Waals surface area contributed by atoms with Crippen molar-refractivity contribution in [1.29, 1.82) is 0 Å². The Labute approximate surface area is 106 Å². The molecule has 94 valence electrons. The van der Waals surface area contributed by atoms with Crippen LogP contribution in [0.3, 0.4) is 0 Å². The summed E-state index contributed by atoms with van der Waals surface area (Å²) in [5.41, 5.74) is 7.38. The fourth-order valence-corrected chi connectivity index (χ4v) is 1.89. The van der Waals surface area contributed by atoms with Gasteiger partial charge < -0.3 is 5.73 Å². The maximum Gasteiger partial charge on any atom is 0.202 e. The lowest BCUT2D eigenvalue weighted by Crippen LogP contribution is -2.24. The third-order valence-corrected chi connectivity index (χ3v) is 2.85. The highest BCUT2D eigenvalue weighted by atomic mass is 16.1. The molecule has 2 rings (SSSR count). The van der Waals surface area contributed by atoms with Crippen molar-refractivity contribution < 1.29 is 4.79 Å². The van der Waals surface area contributed by atoms with Crippen molar-refractivity contribution in [2.24, 2.45) is 5.73 Å². The second kappa shape index (κ2) is 5.14. The van der Waals surface area contributed by atoms with E-state index in [4.69, 9.17) is 5.73 Å². The molecular weight excluding hydrogens is 226 g/mol. The Bertz CT molecular complexity index is 531. The van der Waals surface area contributed by atoms with Gasteiger partial charge in [0.2, 0.25) is 5.78 Å². The van der Waals surface area contributed by atoms with Crippen molar-refractivity contribution in [2.75, 3.05) is 0 Å². The van der Waals surface area contributed by atoms with Crippen LogP contribution in [-0.2, 0) is 0 Å². The van der Waals surface area contributed by atoms with Gasteiger partial charge in [0.1, 0.15) is 5.69 Å². The minimum absolute atomic E-state index is 0.104. The topological polar surface area (TPSA) is 60.9 Å². The van der Waals surface area contributed by atoms with Crippen LogP contribution in [0.1, 0.15) is 42.0 Å². The summed E-state index contributed by atoms with van der Waals surface area (Å²) in [6, 6.07) is 10.6. The van der Waals surface area contributed by atoms with Crippen molar-refractivity contribution in [3.05, 3.63) is 53.9 Å². The van der Waals surface area contributed by atoms with E-state index in [1.54, 1.807) is 16.9 Å². The molecule has 0 aliphatic carbocycles. The van der Waals surface area contributed by atoms with Crippen LogP contribution in [0.4, 0.5) is 0 Å². The lowest BCUT2D eigenvalue weighted by Gasteiger charge is -2.14. The zero-order valence-corrected chi connectivity index (χ0v) is 10.6. The number of carbonyl (C=O) groups excluding carboxylic acids is 1. The number of carbonyl (C=O) groups is 1. The van der Waals surface area contributed by atoms with E-state index in [9.17, 15) is 4.79 Å². The molecule has 0 radical (unpaired) electrons. The Morgan fingerprint density at radius 3 is 2.50 bits per heavy atom. The van der Waals surface area contributed by atoms with Gasteiger partial charge in [0.05, 0.1) is 6.04 Å². The largest absolute Gasteiger partial charge is 0.317 e. The first-order valence-corrected chi connectivity index (χ1v) is 5.99. The molecule has 1 heterocycles. The molecule has 0 saturated heterocycles. The molecule has 0 unspecified atom stereocenters. The van der Waals surface area contributed by atoms with E-state index < -0.39 is 6.04 Å². The average molecular weight is 243 g/mol.